The molecule has 0 saturated carbocycles. The van der Waals surface area contributed by atoms with E-state index in [2.05, 4.69) is 19.0 Å². The highest BCUT2D eigenvalue weighted by atomic mass is 16.5. The molecule has 0 spiro atoms. The summed E-state index contributed by atoms with van der Waals surface area (Å²) < 4.78 is 5.81. The van der Waals surface area contributed by atoms with Crippen LogP contribution in [0.3, 0.4) is 0 Å². The average Bonchev–Trinajstić information content (AvgIpc) is 2.74. The van der Waals surface area contributed by atoms with Crippen LogP contribution in [0.15, 0.2) is 84.9 Å². The van der Waals surface area contributed by atoms with Crippen LogP contribution < -0.4 is 9.64 Å². The van der Waals surface area contributed by atoms with Crippen molar-refractivity contribution in [3.8, 4) is 5.75 Å². The summed E-state index contributed by atoms with van der Waals surface area (Å²) in [5.74, 6) is 0.745. The van der Waals surface area contributed by atoms with Gasteiger partial charge in [0, 0.05) is 23.5 Å². The molecule has 0 aliphatic rings. The molecule has 0 aliphatic carbocycles. The van der Waals surface area contributed by atoms with Gasteiger partial charge in [-0.1, -0.05) is 36.4 Å². The van der Waals surface area contributed by atoms with Crippen molar-refractivity contribution >= 4 is 17.3 Å². The smallest absolute Gasteiger partial charge is 0.262 e. The molecule has 28 heavy (non-hydrogen) atoms. The molecule has 0 aliphatic heterocycles. The zero-order valence-corrected chi connectivity index (χ0v) is 16.4. The molecule has 0 heterocycles. The monoisotopic (exact) mass is 374 g/mol. The van der Waals surface area contributed by atoms with Gasteiger partial charge in [0.25, 0.3) is 5.91 Å². The minimum Gasteiger partial charge on any atom is -0.494 e. The molecular formula is C24H26N2O2. The topological polar surface area (TPSA) is 32.8 Å². The molecule has 0 bridgehead atoms. The van der Waals surface area contributed by atoms with Crippen molar-refractivity contribution in [3.63, 3.8) is 0 Å². The second-order valence-corrected chi connectivity index (χ2v) is 6.84. The largest absolute Gasteiger partial charge is 0.494 e. The van der Waals surface area contributed by atoms with Gasteiger partial charge in [-0.25, -0.2) is 0 Å². The summed E-state index contributed by atoms with van der Waals surface area (Å²) in [5, 5.41) is 0. The summed E-state index contributed by atoms with van der Waals surface area (Å²) in [6.45, 7) is 1.66. The van der Waals surface area contributed by atoms with Crippen molar-refractivity contribution in [3.05, 3.63) is 90.5 Å². The number of carbonyl (C=O) groups is 1. The number of carbonyl (C=O) groups excluding carboxylic acids is 1. The third-order valence-corrected chi connectivity index (χ3v) is 4.35. The fourth-order valence-corrected chi connectivity index (χ4v) is 2.93. The number of anilines is 2. The first-order valence-electron chi connectivity index (χ1n) is 9.47. The van der Waals surface area contributed by atoms with Crippen molar-refractivity contribution in [1.82, 2.24) is 4.90 Å². The molecular weight excluding hydrogens is 348 g/mol. The van der Waals surface area contributed by atoms with Crippen LogP contribution in [-0.4, -0.2) is 38.1 Å². The Morgan fingerprint density at radius 2 is 1.36 bits per heavy atom. The number of para-hydroxylation sites is 1. The zero-order chi connectivity index (χ0) is 19.8. The Hall–Kier alpha value is -3.11. The van der Waals surface area contributed by atoms with Crippen LogP contribution in [0.1, 0.15) is 16.8 Å². The van der Waals surface area contributed by atoms with Gasteiger partial charge >= 0.3 is 0 Å². The van der Waals surface area contributed by atoms with Gasteiger partial charge in [-0.05, 0) is 69.0 Å². The van der Waals surface area contributed by atoms with Crippen molar-refractivity contribution in [1.29, 1.82) is 0 Å². The molecule has 0 unspecified atom stereocenters. The van der Waals surface area contributed by atoms with Gasteiger partial charge in [0.05, 0.1) is 6.61 Å². The molecule has 3 aromatic rings. The number of amides is 1. The minimum absolute atomic E-state index is 0.0635. The van der Waals surface area contributed by atoms with Crippen molar-refractivity contribution in [2.24, 2.45) is 0 Å². The van der Waals surface area contributed by atoms with Crippen molar-refractivity contribution < 1.29 is 9.53 Å². The third-order valence-electron chi connectivity index (χ3n) is 4.35. The van der Waals surface area contributed by atoms with E-state index in [1.165, 1.54) is 0 Å². The summed E-state index contributed by atoms with van der Waals surface area (Å²) in [6.07, 6.45) is 0.970. The lowest BCUT2D eigenvalue weighted by atomic mass is 10.1. The first kappa shape index (κ1) is 19.6. The standard InChI is InChI=1S/C24H26N2O2/c1-25(2)18-9-19-28-23-16-14-22(15-17-23)26(21-12-7-4-8-13-21)24(27)20-10-5-3-6-11-20/h3-8,10-17H,9,18-19H2,1-2H3. The molecule has 0 N–H and O–H groups in total. The molecule has 3 rings (SSSR count). The third kappa shape index (κ3) is 5.21. The molecule has 0 fully saturated rings. The molecule has 0 atom stereocenters. The van der Waals surface area contributed by atoms with E-state index < -0.39 is 0 Å². The van der Waals surface area contributed by atoms with E-state index in [0.717, 1.165) is 30.1 Å². The number of hydrogen-bond acceptors (Lipinski definition) is 3. The van der Waals surface area contributed by atoms with Gasteiger partial charge in [0.2, 0.25) is 0 Å². The highest BCUT2D eigenvalue weighted by Gasteiger charge is 2.19. The summed E-state index contributed by atoms with van der Waals surface area (Å²) in [5.41, 5.74) is 2.28. The number of hydrogen-bond donors (Lipinski definition) is 0. The maximum absolute atomic E-state index is 13.2. The van der Waals surface area contributed by atoms with E-state index in [9.17, 15) is 4.79 Å². The Morgan fingerprint density at radius 1 is 0.786 bits per heavy atom. The lowest BCUT2D eigenvalue weighted by Gasteiger charge is -2.23. The fourth-order valence-electron chi connectivity index (χ4n) is 2.93. The maximum Gasteiger partial charge on any atom is 0.262 e. The van der Waals surface area contributed by atoms with Crippen LogP contribution in [0.4, 0.5) is 11.4 Å². The molecule has 0 saturated heterocycles. The van der Waals surface area contributed by atoms with E-state index in [1.54, 1.807) is 4.90 Å². The predicted molar refractivity (Wildman–Crippen MR) is 114 cm³/mol. The Morgan fingerprint density at radius 3 is 1.96 bits per heavy atom. The normalized spacial score (nSPS) is 10.7. The van der Waals surface area contributed by atoms with Gasteiger partial charge in [-0.2, -0.15) is 0 Å². The predicted octanol–water partition coefficient (Wildman–Crippen LogP) is 5.00. The number of rotatable bonds is 8. The molecule has 3 aromatic carbocycles. The van der Waals surface area contributed by atoms with Crippen LogP contribution in [0, 0.1) is 0 Å². The SMILES string of the molecule is CN(C)CCCOc1ccc(N(C(=O)c2ccccc2)c2ccccc2)cc1. The summed E-state index contributed by atoms with van der Waals surface area (Å²) in [6, 6.07) is 26.7. The van der Waals surface area contributed by atoms with E-state index in [1.807, 2.05) is 84.9 Å². The summed E-state index contributed by atoms with van der Waals surface area (Å²) >= 11 is 0. The molecule has 144 valence electrons. The minimum atomic E-state index is -0.0635. The van der Waals surface area contributed by atoms with Crippen molar-refractivity contribution in [2.75, 3.05) is 32.1 Å². The number of benzene rings is 3. The van der Waals surface area contributed by atoms with E-state index in [4.69, 9.17) is 4.74 Å². The Bertz CT molecular complexity index is 862. The van der Waals surface area contributed by atoms with E-state index in [-0.39, 0.29) is 5.91 Å². The maximum atomic E-state index is 13.2. The summed E-state index contributed by atoms with van der Waals surface area (Å²) in [4.78, 5) is 17.1. The lowest BCUT2D eigenvalue weighted by Crippen LogP contribution is -2.25. The second-order valence-electron chi connectivity index (χ2n) is 6.84. The number of nitrogens with zero attached hydrogens (tertiary/aromatic N) is 2. The average molecular weight is 374 g/mol. The Balaban J connectivity index is 1.80. The number of ether oxygens (including phenoxy) is 1. The summed E-state index contributed by atoms with van der Waals surface area (Å²) in [7, 11) is 4.10. The van der Waals surface area contributed by atoms with Gasteiger partial charge in [0.15, 0.2) is 0 Å². The highest BCUT2D eigenvalue weighted by Crippen LogP contribution is 2.29. The molecule has 1 amide bonds. The molecule has 0 radical (unpaired) electrons. The van der Waals surface area contributed by atoms with Crippen LogP contribution >= 0.6 is 0 Å². The van der Waals surface area contributed by atoms with E-state index in [0.29, 0.717) is 12.2 Å². The van der Waals surface area contributed by atoms with E-state index >= 15 is 0 Å². The quantitative estimate of drug-likeness (QED) is 0.521. The Kier molecular flexibility index (Phi) is 6.82. The van der Waals surface area contributed by atoms with Crippen LogP contribution in [0.2, 0.25) is 0 Å². The fraction of sp³-hybridized carbons (Fsp3) is 0.208. The van der Waals surface area contributed by atoms with Gasteiger partial charge < -0.3 is 9.64 Å². The van der Waals surface area contributed by atoms with Crippen LogP contribution in [0.25, 0.3) is 0 Å². The lowest BCUT2D eigenvalue weighted by molar-refractivity contribution is 0.0999. The first-order chi connectivity index (χ1) is 13.6. The highest BCUT2D eigenvalue weighted by molar-refractivity contribution is 6.10. The second kappa shape index (κ2) is 9.72. The van der Waals surface area contributed by atoms with Crippen molar-refractivity contribution in [2.45, 2.75) is 6.42 Å². The molecule has 0 aromatic heterocycles. The van der Waals surface area contributed by atoms with Gasteiger partial charge in [0.1, 0.15) is 5.75 Å². The first-order valence-corrected chi connectivity index (χ1v) is 9.47. The van der Waals surface area contributed by atoms with Gasteiger partial charge in [-0.15, -0.1) is 0 Å². The zero-order valence-electron chi connectivity index (χ0n) is 16.4. The van der Waals surface area contributed by atoms with Gasteiger partial charge in [-0.3, -0.25) is 9.69 Å². The van der Waals surface area contributed by atoms with Crippen LogP contribution in [0.5, 0.6) is 5.75 Å². The van der Waals surface area contributed by atoms with Crippen LogP contribution in [-0.2, 0) is 0 Å². The Labute approximate surface area is 167 Å². The molecule has 4 nitrogen and oxygen atoms in total. The molecule has 4 heteroatoms.